The van der Waals surface area contributed by atoms with E-state index >= 15 is 0 Å². The normalized spacial score (nSPS) is 11.9. The van der Waals surface area contributed by atoms with Gasteiger partial charge in [0.25, 0.3) is 0 Å². The van der Waals surface area contributed by atoms with Crippen LogP contribution in [-0.4, -0.2) is 12.4 Å². The van der Waals surface area contributed by atoms with E-state index in [0.717, 1.165) is 6.42 Å². The molecule has 2 nitrogen and oxygen atoms in total. The van der Waals surface area contributed by atoms with E-state index in [1.165, 1.54) is 85.6 Å². The van der Waals surface area contributed by atoms with Crippen LogP contribution < -0.4 is 0 Å². The minimum atomic E-state index is 1.03. The molecule has 0 saturated heterocycles. The Hall–Kier alpha value is -1.44. The van der Waals surface area contributed by atoms with Crippen molar-refractivity contribution in [2.24, 2.45) is 10.2 Å². The maximum Gasteiger partial charge on any atom is 0.0573 e. The van der Waals surface area contributed by atoms with E-state index < -0.39 is 0 Å². The number of nitrogens with zero attached hydrogens (tertiary/aromatic N) is 2. The van der Waals surface area contributed by atoms with Crippen LogP contribution in [0.3, 0.4) is 0 Å². The zero-order valence-electron chi connectivity index (χ0n) is 18.1. The van der Waals surface area contributed by atoms with E-state index in [1.54, 1.807) is 5.56 Å². The molecule has 0 heterocycles. The standard InChI is InChI=1S/C24H40N2/c1-7-9-11-13-15-17-25-26-18-24-21(5)19(3)23(20(4)22(24)6)16-14-12-10-8-2/h17-18H,7-16H2,1-6H3/b25-17-,26-18-. The highest BCUT2D eigenvalue weighted by Gasteiger charge is 2.13. The van der Waals surface area contributed by atoms with Crippen molar-refractivity contribution in [1.29, 1.82) is 0 Å². The molecule has 0 atom stereocenters. The molecular formula is C24H40N2. The van der Waals surface area contributed by atoms with Gasteiger partial charge in [0.05, 0.1) is 6.21 Å². The lowest BCUT2D eigenvalue weighted by Crippen LogP contribution is -2.05. The Balaban J connectivity index is 2.77. The molecule has 26 heavy (non-hydrogen) atoms. The van der Waals surface area contributed by atoms with E-state index in [0.29, 0.717) is 0 Å². The SMILES string of the molecule is CCCCCC/C=N\N=C/c1c(C)c(C)c(CCCCCC)c(C)c1C. The highest BCUT2D eigenvalue weighted by Crippen LogP contribution is 2.27. The fraction of sp³-hybridized carbons (Fsp3) is 0.667. The van der Waals surface area contributed by atoms with E-state index in [4.69, 9.17) is 0 Å². The van der Waals surface area contributed by atoms with Gasteiger partial charge in [-0.2, -0.15) is 10.2 Å². The molecule has 146 valence electrons. The van der Waals surface area contributed by atoms with Crippen molar-refractivity contribution in [3.63, 3.8) is 0 Å². The van der Waals surface area contributed by atoms with Crippen LogP contribution >= 0.6 is 0 Å². The smallest absolute Gasteiger partial charge is 0.0573 e. The Bertz CT molecular complexity index is 568. The van der Waals surface area contributed by atoms with Crippen molar-refractivity contribution < 1.29 is 0 Å². The van der Waals surface area contributed by atoms with E-state index in [9.17, 15) is 0 Å². The summed E-state index contributed by atoms with van der Waals surface area (Å²) in [6.45, 7) is 13.5. The van der Waals surface area contributed by atoms with Crippen molar-refractivity contribution in [3.8, 4) is 0 Å². The predicted molar refractivity (Wildman–Crippen MR) is 118 cm³/mol. The van der Waals surface area contributed by atoms with Gasteiger partial charge in [0.2, 0.25) is 0 Å². The Morgan fingerprint density at radius 3 is 1.81 bits per heavy atom. The van der Waals surface area contributed by atoms with Gasteiger partial charge in [-0.25, -0.2) is 0 Å². The third-order valence-electron chi connectivity index (χ3n) is 5.64. The lowest BCUT2D eigenvalue weighted by atomic mass is 9.87. The highest BCUT2D eigenvalue weighted by atomic mass is 15.2. The van der Waals surface area contributed by atoms with Crippen LogP contribution in [0.25, 0.3) is 0 Å². The summed E-state index contributed by atoms with van der Waals surface area (Å²) in [5.74, 6) is 0. The molecule has 0 unspecified atom stereocenters. The minimum absolute atomic E-state index is 1.03. The van der Waals surface area contributed by atoms with E-state index in [2.05, 4.69) is 51.7 Å². The second-order valence-electron chi connectivity index (χ2n) is 7.59. The molecule has 1 rings (SSSR count). The number of benzene rings is 1. The fourth-order valence-corrected chi connectivity index (χ4v) is 3.57. The lowest BCUT2D eigenvalue weighted by Gasteiger charge is -2.18. The molecule has 0 radical (unpaired) electrons. The number of hydrogen-bond acceptors (Lipinski definition) is 2. The first kappa shape index (κ1) is 22.6. The molecule has 0 amide bonds. The van der Waals surface area contributed by atoms with Crippen LogP contribution in [0.4, 0.5) is 0 Å². The molecule has 0 aliphatic carbocycles. The van der Waals surface area contributed by atoms with Crippen LogP contribution in [0, 0.1) is 27.7 Å². The molecule has 0 bridgehead atoms. The van der Waals surface area contributed by atoms with Gasteiger partial charge in [0, 0.05) is 11.8 Å². The number of rotatable bonds is 12. The summed E-state index contributed by atoms with van der Waals surface area (Å²) >= 11 is 0. The summed E-state index contributed by atoms with van der Waals surface area (Å²) in [5, 5.41) is 8.57. The molecule has 0 aromatic heterocycles. The summed E-state index contributed by atoms with van der Waals surface area (Å²) in [5.41, 5.74) is 8.40. The largest absolute Gasteiger partial charge is 0.164 e. The monoisotopic (exact) mass is 356 g/mol. The maximum atomic E-state index is 4.32. The van der Waals surface area contributed by atoms with Gasteiger partial charge in [-0.1, -0.05) is 52.4 Å². The summed E-state index contributed by atoms with van der Waals surface area (Å²) < 4.78 is 0. The second kappa shape index (κ2) is 12.8. The van der Waals surface area contributed by atoms with Gasteiger partial charge in [0.1, 0.15) is 0 Å². The van der Waals surface area contributed by atoms with Gasteiger partial charge < -0.3 is 0 Å². The minimum Gasteiger partial charge on any atom is -0.164 e. The van der Waals surface area contributed by atoms with Crippen LogP contribution in [0.2, 0.25) is 0 Å². The topological polar surface area (TPSA) is 24.7 Å². The second-order valence-corrected chi connectivity index (χ2v) is 7.59. The summed E-state index contributed by atoms with van der Waals surface area (Å²) in [4.78, 5) is 0. The molecule has 0 spiro atoms. The number of unbranched alkanes of at least 4 members (excludes halogenated alkanes) is 7. The molecule has 0 aliphatic rings. The van der Waals surface area contributed by atoms with E-state index in [-0.39, 0.29) is 0 Å². The first-order valence-corrected chi connectivity index (χ1v) is 10.7. The van der Waals surface area contributed by atoms with Crippen molar-refractivity contribution in [1.82, 2.24) is 0 Å². The average Bonchev–Trinajstić information content (AvgIpc) is 2.64. The van der Waals surface area contributed by atoms with Gasteiger partial charge in [-0.15, -0.1) is 0 Å². The van der Waals surface area contributed by atoms with Crippen molar-refractivity contribution in [2.75, 3.05) is 0 Å². The first-order valence-electron chi connectivity index (χ1n) is 10.7. The Morgan fingerprint density at radius 2 is 1.23 bits per heavy atom. The van der Waals surface area contributed by atoms with Gasteiger partial charge in [0.15, 0.2) is 0 Å². The molecule has 0 N–H and O–H groups in total. The Morgan fingerprint density at radius 1 is 0.654 bits per heavy atom. The van der Waals surface area contributed by atoms with Crippen LogP contribution in [0.15, 0.2) is 10.2 Å². The van der Waals surface area contributed by atoms with Gasteiger partial charge in [-0.3, -0.25) is 0 Å². The number of hydrogen-bond donors (Lipinski definition) is 0. The zero-order valence-corrected chi connectivity index (χ0v) is 18.1. The molecule has 1 aromatic rings. The van der Waals surface area contributed by atoms with Gasteiger partial charge in [-0.05, 0) is 81.2 Å². The van der Waals surface area contributed by atoms with Crippen LogP contribution in [-0.2, 0) is 6.42 Å². The summed E-state index contributed by atoms with van der Waals surface area (Å²) in [7, 11) is 0. The van der Waals surface area contributed by atoms with Crippen LogP contribution in [0.5, 0.6) is 0 Å². The Kier molecular flexibility index (Phi) is 11.2. The third-order valence-corrected chi connectivity index (χ3v) is 5.64. The molecule has 0 aliphatic heterocycles. The van der Waals surface area contributed by atoms with Crippen molar-refractivity contribution in [2.45, 2.75) is 106 Å². The third kappa shape index (κ3) is 7.05. The molecule has 0 fully saturated rings. The van der Waals surface area contributed by atoms with E-state index in [1.807, 2.05) is 12.4 Å². The molecular weight excluding hydrogens is 316 g/mol. The molecule has 2 heteroatoms. The summed E-state index contributed by atoms with van der Waals surface area (Å²) in [6.07, 6.45) is 16.5. The fourth-order valence-electron chi connectivity index (χ4n) is 3.57. The van der Waals surface area contributed by atoms with Crippen molar-refractivity contribution in [3.05, 3.63) is 33.4 Å². The average molecular weight is 357 g/mol. The predicted octanol–water partition coefficient (Wildman–Crippen LogP) is 7.42. The summed E-state index contributed by atoms with van der Waals surface area (Å²) in [6, 6.07) is 0. The van der Waals surface area contributed by atoms with Gasteiger partial charge >= 0.3 is 0 Å². The lowest BCUT2D eigenvalue weighted by molar-refractivity contribution is 0.664. The molecule has 1 aromatic carbocycles. The molecule has 0 saturated carbocycles. The first-order chi connectivity index (χ1) is 12.5. The quantitative estimate of drug-likeness (QED) is 0.211. The van der Waals surface area contributed by atoms with Crippen LogP contribution in [0.1, 0.15) is 105 Å². The maximum absolute atomic E-state index is 4.32. The Labute approximate surface area is 162 Å². The van der Waals surface area contributed by atoms with Crippen molar-refractivity contribution >= 4 is 12.4 Å². The highest BCUT2D eigenvalue weighted by molar-refractivity contribution is 5.85. The zero-order chi connectivity index (χ0) is 19.4.